The molecule has 2 rings (SSSR count). The Kier molecular flexibility index (Phi) is 5.32. The Bertz CT molecular complexity index is 647. The summed E-state index contributed by atoms with van der Waals surface area (Å²) in [6, 6.07) is 5.50. The number of carbonyl (C=O) groups excluding carboxylic acids is 1. The van der Waals surface area contributed by atoms with Gasteiger partial charge in [-0.1, -0.05) is 6.08 Å². The maximum atomic E-state index is 12.4. The van der Waals surface area contributed by atoms with Crippen molar-refractivity contribution < 1.29 is 14.5 Å². The maximum Gasteiger partial charge on any atom is 0.338 e. The summed E-state index contributed by atoms with van der Waals surface area (Å²) in [5, 5.41) is 10.7. The van der Waals surface area contributed by atoms with E-state index in [-0.39, 0.29) is 22.9 Å². The number of carbonyl (C=O) groups is 1. The average molecular weight is 346 g/mol. The molecule has 1 aromatic carbocycles. The minimum absolute atomic E-state index is 0.0449. The normalized spacial score (nSPS) is 20.0. The fraction of sp³-hybridized carbons (Fsp3) is 0.526. The number of benzene rings is 1. The minimum atomic E-state index is -0.491. The number of non-ortho nitro benzene ring substituents is 1. The molecule has 1 saturated heterocycles. The van der Waals surface area contributed by atoms with Crippen LogP contribution >= 0.6 is 0 Å². The number of hydrogen-bond acceptors (Lipinski definition) is 5. The molecule has 1 fully saturated rings. The molecule has 6 nitrogen and oxygen atoms in total. The Labute approximate surface area is 148 Å². The van der Waals surface area contributed by atoms with Gasteiger partial charge in [-0.25, -0.2) is 4.79 Å². The van der Waals surface area contributed by atoms with Gasteiger partial charge in [0, 0.05) is 42.6 Å². The summed E-state index contributed by atoms with van der Waals surface area (Å²) in [5.74, 6) is -0.441. The van der Waals surface area contributed by atoms with Crippen molar-refractivity contribution in [3.63, 3.8) is 0 Å². The van der Waals surface area contributed by atoms with Crippen LogP contribution in [0.1, 0.15) is 50.9 Å². The van der Waals surface area contributed by atoms with Gasteiger partial charge in [0.05, 0.1) is 10.5 Å². The molecule has 0 N–H and O–H groups in total. The van der Waals surface area contributed by atoms with Crippen LogP contribution in [0.5, 0.6) is 0 Å². The van der Waals surface area contributed by atoms with Gasteiger partial charge in [-0.05, 0) is 39.8 Å². The highest BCUT2D eigenvalue weighted by molar-refractivity contribution is 5.89. The monoisotopic (exact) mass is 346 g/mol. The maximum absolute atomic E-state index is 12.4. The quantitative estimate of drug-likeness (QED) is 0.349. The zero-order chi connectivity index (χ0) is 18.8. The molecule has 136 valence electrons. The van der Waals surface area contributed by atoms with E-state index < -0.39 is 10.9 Å². The summed E-state index contributed by atoms with van der Waals surface area (Å²) in [6.07, 6.45) is 3.15. The van der Waals surface area contributed by atoms with Gasteiger partial charge >= 0.3 is 5.97 Å². The summed E-state index contributed by atoms with van der Waals surface area (Å²) in [6.45, 7) is 13.2. The van der Waals surface area contributed by atoms with Crippen LogP contribution in [-0.2, 0) is 4.74 Å². The Morgan fingerprint density at radius 3 is 2.24 bits per heavy atom. The molecular weight excluding hydrogens is 320 g/mol. The predicted octanol–water partition coefficient (Wildman–Crippen LogP) is 3.96. The first-order valence-electron chi connectivity index (χ1n) is 8.41. The van der Waals surface area contributed by atoms with E-state index in [2.05, 4.69) is 39.2 Å². The first-order chi connectivity index (χ1) is 11.6. The molecule has 0 aromatic heterocycles. The summed E-state index contributed by atoms with van der Waals surface area (Å²) in [4.78, 5) is 25.0. The van der Waals surface area contributed by atoms with Crippen molar-refractivity contribution in [2.45, 2.75) is 57.7 Å². The second-order valence-corrected chi connectivity index (χ2v) is 7.76. The number of piperidine rings is 1. The molecule has 1 heterocycles. The lowest BCUT2D eigenvalue weighted by molar-refractivity contribution is -0.384. The van der Waals surface area contributed by atoms with Crippen LogP contribution in [0, 0.1) is 10.1 Å². The highest BCUT2D eigenvalue weighted by atomic mass is 16.6. The van der Waals surface area contributed by atoms with Crippen molar-refractivity contribution in [2.24, 2.45) is 0 Å². The van der Waals surface area contributed by atoms with Crippen LogP contribution in [0.25, 0.3) is 0 Å². The van der Waals surface area contributed by atoms with E-state index in [9.17, 15) is 14.9 Å². The van der Waals surface area contributed by atoms with E-state index in [1.807, 2.05) is 6.08 Å². The molecular formula is C19H26N2O4. The fourth-order valence-corrected chi connectivity index (χ4v) is 3.87. The summed E-state index contributed by atoms with van der Waals surface area (Å²) < 4.78 is 5.71. The van der Waals surface area contributed by atoms with Crippen LogP contribution in [0.4, 0.5) is 5.69 Å². The largest absolute Gasteiger partial charge is 0.459 e. The van der Waals surface area contributed by atoms with Gasteiger partial charge in [-0.2, -0.15) is 0 Å². The molecule has 1 aromatic rings. The number of likely N-dealkylation sites (tertiary alicyclic amines) is 1. The molecule has 25 heavy (non-hydrogen) atoms. The lowest BCUT2D eigenvalue weighted by atomic mass is 9.78. The van der Waals surface area contributed by atoms with E-state index in [0.29, 0.717) is 5.56 Å². The van der Waals surface area contributed by atoms with Gasteiger partial charge < -0.3 is 4.74 Å². The van der Waals surface area contributed by atoms with E-state index in [1.54, 1.807) is 0 Å². The van der Waals surface area contributed by atoms with Gasteiger partial charge in [0.2, 0.25) is 0 Å². The summed E-state index contributed by atoms with van der Waals surface area (Å²) >= 11 is 0. The van der Waals surface area contributed by atoms with E-state index >= 15 is 0 Å². The second kappa shape index (κ2) is 6.96. The highest BCUT2D eigenvalue weighted by Crippen LogP contribution is 2.39. The van der Waals surface area contributed by atoms with Gasteiger partial charge in [-0.15, -0.1) is 6.58 Å². The third-order valence-corrected chi connectivity index (χ3v) is 4.82. The molecule has 1 aliphatic heterocycles. The first-order valence-corrected chi connectivity index (χ1v) is 8.41. The third-order valence-electron chi connectivity index (χ3n) is 4.82. The molecule has 0 spiro atoms. The molecule has 0 aliphatic carbocycles. The van der Waals surface area contributed by atoms with Crippen molar-refractivity contribution in [1.82, 2.24) is 4.90 Å². The number of nitro benzene ring substituents is 1. The number of ether oxygens (including phenoxy) is 1. The smallest absolute Gasteiger partial charge is 0.338 e. The highest BCUT2D eigenvalue weighted by Gasteiger charge is 2.45. The molecule has 6 heteroatoms. The van der Waals surface area contributed by atoms with Crippen molar-refractivity contribution in [1.29, 1.82) is 0 Å². The molecule has 0 unspecified atom stereocenters. The lowest BCUT2D eigenvalue weighted by Gasteiger charge is -2.54. The number of rotatable bonds is 5. The first kappa shape index (κ1) is 19.1. The Balaban J connectivity index is 2.11. The number of esters is 1. The van der Waals surface area contributed by atoms with Crippen LogP contribution in [0.3, 0.4) is 0 Å². The topological polar surface area (TPSA) is 72.7 Å². The number of nitrogens with zero attached hydrogens (tertiary/aromatic N) is 2. The standard InChI is InChI=1S/C19H26N2O4/c1-6-11-20-18(2,3)12-16(13-19(20,4)5)25-17(22)14-7-9-15(10-8-14)21(23)24/h6-10,16H,1,11-13H2,2-5H3. The van der Waals surface area contributed by atoms with Crippen LogP contribution in [0.15, 0.2) is 36.9 Å². The Hall–Kier alpha value is -2.21. The SMILES string of the molecule is C=CCN1C(C)(C)CC(OC(=O)c2ccc([N+](=O)[O-])cc2)CC1(C)C. The minimum Gasteiger partial charge on any atom is -0.459 e. The van der Waals surface area contributed by atoms with E-state index in [0.717, 1.165) is 19.4 Å². The number of hydrogen-bond donors (Lipinski definition) is 0. The second-order valence-electron chi connectivity index (χ2n) is 7.76. The van der Waals surface area contributed by atoms with Crippen LogP contribution in [0.2, 0.25) is 0 Å². The zero-order valence-corrected chi connectivity index (χ0v) is 15.3. The molecule has 0 bridgehead atoms. The van der Waals surface area contributed by atoms with Gasteiger partial charge in [0.25, 0.3) is 5.69 Å². The van der Waals surface area contributed by atoms with Crippen molar-refractivity contribution in [3.8, 4) is 0 Å². The van der Waals surface area contributed by atoms with Crippen LogP contribution in [-0.4, -0.2) is 39.5 Å². The Morgan fingerprint density at radius 2 is 1.80 bits per heavy atom. The molecule has 0 radical (unpaired) electrons. The summed E-state index contributed by atoms with van der Waals surface area (Å²) in [5.41, 5.74) is 0.0264. The van der Waals surface area contributed by atoms with Crippen molar-refractivity contribution >= 4 is 11.7 Å². The fourth-order valence-electron chi connectivity index (χ4n) is 3.87. The van der Waals surface area contributed by atoms with Gasteiger partial charge in [0.15, 0.2) is 0 Å². The molecule has 0 amide bonds. The number of nitro groups is 1. The summed E-state index contributed by atoms with van der Waals surface area (Å²) in [7, 11) is 0. The van der Waals surface area contributed by atoms with Crippen molar-refractivity contribution in [3.05, 3.63) is 52.6 Å². The molecule has 0 atom stereocenters. The van der Waals surface area contributed by atoms with Gasteiger partial charge in [-0.3, -0.25) is 15.0 Å². The van der Waals surface area contributed by atoms with Crippen molar-refractivity contribution in [2.75, 3.05) is 6.54 Å². The third kappa shape index (κ3) is 4.25. The average Bonchev–Trinajstić information content (AvgIpc) is 2.50. The molecule has 1 aliphatic rings. The zero-order valence-electron chi connectivity index (χ0n) is 15.3. The molecule has 0 saturated carbocycles. The predicted molar refractivity (Wildman–Crippen MR) is 96.6 cm³/mol. The van der Waals surface area contributed by atoms with E-state index in [1.165, 1.54) is 24.3 Å². The van der Waals surface area contributed by atoms with Crippen LogP contribution < -0.4 is 0 Å². The lowest BCUT2D eigenvalue weighted by Crippen LogP contribution is -2.62. The Morgan fingerprint density at radius 1 is 1.28 bits per heavy atom. The van der Waals surface area contributed by atoms with Gasteiger partial charge in [0.1, 0.15) is 6.10 Å². The van der Waals surface area contributed by atoms with E-state index in [4.69, 9.17) is 4.74 Å².